The third-order valence-corrected chi connectivity index (χ3v) is 7.50. The van der Waals surface area contributed by atoms with Crippen LogP contribution in [0.5, 0.6) is 0 Å². The van der Waals surface area contributed by atoms with Crippen molar-refractivity contribution in [2.24, 2.45) is 5.16 Å². The summed E-state index contributed by atoms with van der Waals surface area (Å²) in [7, 11) is 0. The number of oxime groups is 1. The summed E-state index contributed by atoms with van der Waals surface area (Å²) < 4.78 is 13.9. The van der Waals surface area contributed by atoms with Gasteiger partial charge in [0, 0.05) is 30.4 Å². The molecule has 1 saturated heterocycles. The van der Waals surface area contributed by atoms with Gasteiger partial charge in [-0.2, -0.15) is 0 Å². The van der Waals surface area contributed by atoms with Crippen molar-refractivity contribution in [3.8, 4) is 0 Å². The minimum Gasteiger partial charge on any atom is -0.426 e. The van der Waals surface area contributed by atoms with Crippen LogP contribution < -0.4 is 11.1 Å². The van der Waals surface area contributed by atoms with Gasteiger partial charge in [0.25, 0.3) is 11.8 Å². The van der Waals surface area contributed by atoms with E-state index in [4.69, 9.17) is 20.0 Å². The van der Waals surface area contributed by atoms with Gasteiger partial charge >= 0.3 is 11.9 Å². The highest BCUT2D eigenvalue weighted by molar-refractivity contribution is 8.00. The first-order valence-electron chi connectivity index (χ1n) is 10.9. The zero-order valence-electron chi connectivity index (χ0n) is 19.9. The lowest BCUT2D eigenvalue weighted by atomic mass is 10.0. The first kappa shape index (κ1) is 27.2. The number of anilines is 1. The number of allylic oxidation sites excluding steroid dienone is 1. The van der Waals surface area contributed by atoms with Crippen LogP contribution in [0.15, 0.2) is 33.3 Å². The first-order valence-corrected chi connectivity index (χ1v) is 13.7. The molecular formula is C21H21N7O7S3. The SMILES string of the molecule is CC(=O)OC(C)OC(=O)C1=C(/C=C\c2csnn2)CSC2C(NC(=O)/C=N\OCc3csc(N)n3)C(=O)N12. The summed E-state index contributed by atoms with van der Waals surface area (Å²) in [5.41, 5.74) is 7.17. The van der Waals surface area contributed by atoms with Crippen molar-refractivity contribution in [2.75, 3.05) is 11.5 Å². The number of fused-ring (bicyclic) bond motifs is 1. The van der Waals surface area contributed by atoms with Crippen molar-refractivity contribution in [3.63, 3.8) is 0 Å². The molecule has 3 N–H and O–H groups in total. The average Bonchev–Trinajstić information content (AvgIpc) is 3.54. The minimum absolute atomic E-state index is 0.0118. The number of rotatable bonds is 10. The molecule has 17 heteroatoms. The number of nitrogens with two attached hydrogens (primary N) is 1. The second-order valence-corrected chi connectivity index (χ2v) is 10.3. The average molecular weight is 580 g/mol. The van der Waals surface area contributed by atoms with Crippen LogP contribution >= 0.6 is 34.6 Å². The molecule has 2 aliphatic heterocycles. The maximum atomic E-state index is 13.0. The van der Waals surface area contributed by atoms with E-state index in [1.54, 1.807) is 22.9 Å². The topological polar surface area (TPSA) is 188 Å². The van der Waals surface area contributed by atoms with Gasteiger partial charge in [-0.3, -0.25) is 19.3 Å². The second-order valence-electron chi connectivity index (χ2n) is 7.70. The number of nitrogens with one attached hydrogen (secondary N) is 1. The summed E-state index contributed by atoms with van der Waals surface area (Å²) in [6, 6.07) is -0.903. The standard InChI is InChI=1S/C21H21N7O7S3/c1-10(29)34-11(2)35-20(32)17-12(3-4-13-9-38-27-26-13)7-36-19-16(18(31)28(17)19)25-15(30)5-23-33-6-14-8-37-21(22)24-14/h3-5,8-9,11,16,19H,6-7H2,1-2H3,(H2,22,24)(H,25,30)/b4-3-,23-5-. The molecule has 4 heterocycles. The summed E-state index contributed by atoms with van der Waals surface area (Å²) in [6.45, 7) is 2.60. The van der Waals surface area contributed by atoms with Crippen LogP contribution in [0.1, 0.15) is 25.2 Å². The van der Waals surface area contributed by atoms with Crippen molar-refractivity contribution in [1.29, 1.82) is 0 Å². The zero-order valence-corrected chi connectivity index (χ0v) is 22.4. The van der Waals surface area contributed by atoms with Crippen LogP contribution in [0.2, 0.25) is 0 Å². The van der Waals surface area contributed by atoms with Crippen molar-refractivity contribution in [2.45, 2.75) is 38.2 Å². The fourth-order valence-electron chi connectivity index (χ4n) is 3.42. The number of hydrogen-bond acceptors (Lipinski definition) is 15. The van der Waals surface area contributed by atoms with Gasteiger partial charge in [-0.25, -0.2) is 9.78 Å². The van der Waals surface area contributed by atoms with Crippen LogP contribution in [-0.2, 0) is 40.1 Å². The number of hydrogen-bond donors (Lipinski definition) is 2. The molecule has 0 bridgehead atoms. The molecule has 200 valence electrons. The first-order chi connectivity index (χ1) is 18.2. The number of carbonyl (C=O) groups excluding carboxylic acids is 4. The number of amides is 2. The molecule has 2 aromatic rings. The number of nitrogen functional groups attached to an aromatic ring is 1. The fourth-order valence-corrected chi connectivity index (χ4v) is 5.71. The van der Waals surface area contributed by atoms with E-state index in [1.807, 2.05) is 0 Å². The molecule has 4 rings (SSSR count). The third-order valence-electron chi connectivity index (χ3n) is 4.95. The number of β-lactam (4-membered cyclic amide) rings is 1. The fraction of sp³-hybridized carbons (Fsp3) is 0.333. The Labute approximate surface area is 228 Å². The highest BCUT2D eigenvalue weighted by Gasteiger charge is 2.54. The van der Waals surface area contributed by atoms with E-state index in [9.17, 15) is 19.2 Å². The molecule has 0 aliphatic carbocycles. The number of nitrogens with zero attached hydrogens (tertiary/aromatic N) is 5. The summed E-state index contributed by atoms with van der Waals surface area (Å²) >= 11 is 3.77. The van der Waals surface area contributed by atoms with Gasteiger partial charge in [0.05, 0.1) is 11.4 Å². The van der Waals surface area contributed by atoms with Crippen LogP contribution in [0.4, 0.5) is 5.13 Å². The second kappa shape index (κ2) is 12.1. The predicted molar refractivity (Wildman–Crippen MR) is 138 cm³/mol. The van der Waals surface area contributed by atoms with Crippen molar-refractivity contribution in [3.05, 3.63) is 39.5 Å². The minimum atomic E-state index is -1.17. The molecule has 38 heavy (non-hydrogen) atoms. The third kappa shape index (κ3) is 6.53. The highest BCUT2D eigenvalue weighted by Crippen LogP contribution is 2.41. The number of thiazole rings is 1. The Bertz CT molecular complexity index is 1310. The molecule has 14 nitrogen and oxygen atoms in total. The predicted octanol–water partition coefficient (Wildman–Crippen LogP) is 0.899. The molecule has 0 saturated carbocycles. The smallest absolute Gasteiger partial charge is 0.358 e. The quantitative estimate of drug-likeness (QED) is 0.133. The van der Waals surface area contributed by atoms with E-state index >= 15 is 0 Å². The van der Waals surface area contributed by atoms with Crippen molar-refractivity contribution < 1.29 is 33.5 Å². The Kier molecular flexibility index (Phi) is 8.70. The molecule has 0 spiro atoms. The van der Waals surface area contributed by atoms with Crippen molar-refractivity contribution >= 4 is 75.8 Å². The Morgan fingerprint density at radius 1 is 1.32 bits per heavy atom. The molecular weight excluding hydrogens is 558 g/mol. The normalized spacial score (nSPS) is 19.7. The molecule has 3 unspecified atom stereocenters. The number of ether oxygens (including phenoxy) is 2. The molecule has 0 aromatic carbocycles. The van der Waals surface area contributed by atoms with E-state index in [2.05, 4.69) is 25.0 Å². The Balaban J connectivity index is 1.43. The van der Waals surface area contributed by atoms with Gasteiger partial charge < -0.3 is 25.4 Å². The van der Waals surface area contributed by atoms with Gasteiger partial charge in [-0.15, -0.1) is 28.2 Å². The molecule has 2 aliphatic rings. The Morgan fingerprint density at radius 2 is 2.13 bits per heavy atom. The summed E-state index contributed by atoms with van der Waals surface area (Å²) in [6.07, 6.45) is 3.03. The number of carbonyl (C=O) groups is 4. The highest BCUT2D eigenvalue weighted by atomic mass is 32.2. The van der Waals surface area contributed by atoms with Crippen LogP contribution in [-0.4, -0.2) is 72.9 Å². The van der Waals surface area contributed by atoms with Gasteiger partial charge in [0.15, 0.2) is 11.7 Å². The Hall–Kier alpha value is -3.83. The summed E-state index contributed by atoms with van der Waals surface area (Å²) in [4.78, 5) is 59.9. The molecule has 2 aromatic heterocycles. The van der Waals surface area contributed by atoms with Gasteiger partial charge in [0.2, 0.25) is 6.29 Å². The lowest BCUT2D eigenvalue weighted by molar-refractivity contribution is -0.182. The summed E-state index contributed by atoms with van der Waals surface area (Å²) in [5.74, 6) is -2.32. The lowest BCUT2D eigenvalue weighted by Crippen LogP contribution is -2.70. The van der Waals surface area contributed by atoms with E-state index in [0.29, 0.717) is 27.8 Å². The molecule has 3 atom stereocenters. The van der Waals surface area contributed by atoms with Crippen LogP contribution in [0, 0.1) is 0 Å². The monoisotopic (exact) mass is 579 g/mol. The van der Waals surface area contributed by atoms with Crippen LogP contribution in [0.3, 0.4) is 0 Å². The number of thioether (sulfide) groups is 1. The van der Waals surface area contributed by atoms with Gasteiger partial charge in [-0.05, 0) is 23.2 Å². The maximum Gasteiger partial charge on any atom is 0.358 e. The summed E-state index contributed by atoms with van der Waals surface area (Å²) in [5, 5.41) is 13.3. The number of esters is 2. The van der Waals surface area contributed by atoms with E-state index in [-0.39, 0.29) is 12.3 Å². The van der Waals surface area contributed by atoms with E-state index < -0.39 is 41.5 Å². The number of aromatic nitrogens is 3. The Morgan fingerprint density at radius 3 is 2.82 bits per heavy atom. The largest absolute Gasteiger partial charge is 0.426 e. The zero-order chi connectivity index (χ0) is 27.2. The van der Waals surface area contributed by atoms with E-state index in [0.717, 1.165) is 6.21 Å². The maximum absolute atomic E-state index is 13.0. The molecule has 1 fully saturated rings. The van der Waals surface area contributed by atoms with Crippen molar-refractivity contribution in [1.82, 2.24) is 24.8 Å². The van der Waals surface area contributed by atoms with E-state index in [1.165, 1.54) is 53.4 Å². The molecule has 0 radical (unpaired) electrons. The van der Waals surface area contributed by atoms with Gasteiger partial charge in [0.1, 0.15) is 23.3 Å². The lowest BCUT2D eigenvalue weighted by Gasteiger charge is -2.49. The van der Waals surface area contributed by atoms with Crippen LogP contribution in [0.25, 0.3) is 6.08 Å². The van der Waals surface area contributed by atoms with Gasteiger partial charge in [-0.1, -0.05) is 15.7 Å². The molecule has 2 amide bonds.